The van der Waals surface area contributed by atoms with E-state index in [4.69, 9.17) is 0 Å². The van der Waals surface area contributed by atoms with Gasteiger partial charge in [0.05, 0.1) is 0 Å². The normalized spacial score (nSPS) is 16.9. The van der Waals surface area contributed by atoms with E-state index in [0.29, 0.717) is 17.8 Å². The quantitative estimate of drug-likeness (QED) is 0.798. The average molecular weight is 304 g/mol. The molecule has 1 aromatic carbocycles. The Kier molecular flexibility index (Phi) is 4.76. The average Bonchev–Trinajstić information content (AvgIpc) is 3.19. The number of benzene rings is 1. The molecule has 6 heteroatoms. The summed E-state index contributed by atoms with van der Waals surface area (Å²) in [7, 11) is 0. The van der Waals surface area contributed by atoms with Gasteiger partial charge >= 0.3 is 6.18 Å². The Morgan fingerprint density at radius 2 is 2.00 bits per heavy atom. The molecule has 2 nitrogen and oxygen atoms in total. The summed E-state index contributed by atoms with van der Waals surface area (Å²) < 4.78 is 52.6. The minimum absolute atomic E-state index is 0.138. The maximum Gasteiger partial charge on any atom is 0.405 e. The highest BCUT2D eigenvalue weighted by molar-refractivity contribution is 5.57. The molecule has 1 unspecified atom stereocenters. The van der Waals surface area contributed by atoms with Crippen molar-refractivity contribution >= 4 is 5.69 Å². The standard InChI is InChI=1S/C15H20F4N2/c1-3-20-10(2)14-12(16)5-4-6-13(14)21(11-7-8-11)9-15(17,18)19/h4-6,10-11,20H,3,7-9H2,1-2H3. The highest BCUT2D eigenvalue weighted by atomic mass is 19.4. The van der Waals surface area contributed by atoms with Gasteiger partial charge in [-0.05, 0) is 38.4 Å². The van der Waals surface area contributed by atoms with Gasteiger partial charge in [-0.1, -0.05) is 13.0 Å². The molecule has 0 aromatic heterocycles. The smallest absolute Gasteiger partial charge is 0.359 e. The van der Waals surface area contributed by atoms with Gasteiger partial charge in [0.25, 0.3) is 0 Å². The van der Waals surface area contributed by atoms with Crippen LogP contribution in [0.1, 0.15) is 38.3 Å². The molecular weight excluding hydrogens is 284 g/mol. The van der Waals surface area contributed by atoms with Crippen molar-refractivity contribution in [1.29, 1.82) is 0 Å². The Balaban J connectivity index is 2.38. The van der Waals surface area contributed by atoms with E-state index in [-0.39, 0.29) is 12.1 Å². The zero-order valence-electron chi connectivity index (χ0n) is 12.2. The predicted octanol–water partition coefficient (Wildman–Crippen LogP) is 4.03. The van der Waals surface area contributed by atoms with Crippen molar-refractivity contribution in [1.82, 2.24) is 5.32 Å². The first-order valence-electron chi connectivity index (χ1n) is 7.18. The fraction of sp³-hybridized carbons (Fsp3) is 0.600. The summed E-state index contributed by atoms with van der Waals surface area (Å²) in [6.45, 7) is 3.24. The van der Waals surface area contributed by atoms with Gasteiger partial charge in [0.2, 0.25) is 0 Å². The summed E-state index contributed by atoms with van der Waals surface area (Å²) in [4.78, 5) is 1.30. The molecule has 0 bridgehead atoms. The van der Waals surface area contributed by atoms with Crippen LogP contribution in [-0.2, 0) is 0 Å². The van der Waals surface area contributed by atoms with Crippen molar-refractivity contribution in [3.63, 3.8) is 0 Å². The summed E-state index contributed by atoms with van der Waals surface area (Å²) in [5.41, 5.74) is 0.666. The zero-order chi connectivity index (χ0) is 15.6. The van der Waals surface area contributed by atoms with Crippen molar-refractivity contribution in [3.8, 4) is 0 Å². The van der Waals surface area contributed by atoms with E-state index in [1.165, 1.54) is 17.0 Å². The van der Waals surface area contributed by atoms with Gasteiger partial charge in [-0.3, -0.25) is 0 Å². The van der Waals surface area contributed by atoms with Crippen molar-refractivity contribution in [2.45, 2.75) is 44.9 Å². The lowest BCUT2D eigenvalue weighted by atomic mass is 10.0. The van der Waals surface area contributed by atoms with Crippen LogP contribution in [0.25, 0.3) is 0 Å². The number of nitrogens with one attached hydrogen (secondary N) is 1. The second kappa shape index (κ2) is 6.22. The fourth-order valence-corrected chi connectivity index (χ4v) is 2.60. The minimum Gasteiger partial charge on any atom is -0.359 e. The van der Waals surface area contributed by atoms with E-state index >= 15 is 0 Å². The first-order valence-corrected chi connectivity index (χ1v) is 7.18. The first-order chi connectivity index (χ1) is 9.83. The third-order valence-electron chi connectivity index (χ3n) is 3.62. The van der Waals surface area contributed by atoms with Crippen molar-refractivity contribution in [3.05, 3.63) is 29.6 Å². The van der Waals surface area contributed by atoms with Crippen LogP contribution in [0.4, 0.5) is 23.2 Å². The molecular formula is C15H20F4N2. The molecule has 118 valence electrons. The van der Waals surface area contributed by atoms with Gasteiger partial charge in [-0.2, -0.15) is 13.2 Å². The molecule has 0 heterocycles. The number of hydrogen-bond donors (Lipinski definition) is 1. The number of anilines is 1. The lowest BCUT2D eigenvalue weighted by molar-refractivity contribution is -0.120. The second-order valence-electron chi connectivity index (χ2n) is 5.43. The van der Waals surface area contributed by atoms with Gasteiger partial charge in [-0.15, -0.1) is 0 Å². The molecule has 1 aliphatic rings. The van der Waals surface area contributed by atoms with Gasteiger partial charge in [-0.25, -0.2) is 4.39 Å². The van der Waals surface area contributed by atoms with Gasteiger partial charge in [0.1, 0.15) is 12.4 Å². The predicted molar refractivity (Wildman–Crippen MR) is 74.9 cm³/mol. The Bertz CT molecular complexity index is 483. The van der Waals surface area contributed by atoms with Crippen LogP contribution in [0.5, 0.6) is 0 Å². The second-order valence-corrected chi connectivity index (χ2v) is 5.43. The molecule has 1 atom stereocenters. The maximum absolute atomic E-state index is 14.2. The molecule has 1 aliphatic carbocycles. The topological polar surface area (TPSA) is 15.3 Å². The number of nitrogens with zero attached hydrogens (tertiary/aromatic N) is 1. The molecule has 21 heavy (non-hydrogen) atoms. The lowest BCUT2D eigenvalue weighted by Crippen LogP contribution is -2.37. The fourth-order valence-electron chi connectivity index (χ4n) is 2.60. The largest absolute Gasteiger partial charge is 0.405 e. The molecule has 1 aromatic rings. The molecule has 0 radical (unpaired) electrons. The van der Waals surface area contributed by atoms with Crippen molar-refractivity contribution in [2.24, 2.45) is 0 Å². The van der Waals surface area contributed by atoms with E-state index in [9.17, 15) is 17.6 Å². The monoisotopic (exact) mass is 304 g/mol. The molecule has 1 fully saturated rings. The molecule has 1 N–H and O–H groups in total. The Morgan fingerprint density at radius 3 is 2.52 bits per heavy atom. The van der Waals surface area contributed by atoms with Crippen molar-refractivity contribution < 1.29 is 17.6 Å². The molecule has 0 aliphatic heterocycles. The SMILES string of the molecule is CCNC(C)c1c(F)cccc1N(CC(F)(F)F)C1CC1. The summed E-state index contributed by atoms with van der Waals surface area (Å²) in [6, 6.07) is 3.88. The lowest BCUT2D eigenvalue weighted by Gasteiger charge is -2.30. The molecule has 1 saturated carbocycles. The Labute approximate surface area is 122 Å². The third kappa shape index (κ3) is 4.09. The van der Waals surface area contributed by atoms with E-state index in [0.717, 1.165) is 12.8 Å². The summed E-state index contributed by atoms with van der Waals surface area (Å²) in [5.74, 6) is -0.464. The van der Waals surface area contributed by atoms with Gasteiger partial charge in [0, 0.05) is 23.3 Å². The molecule has 2 rings (SSSR count). The zero-order valence-corrected chi connectivity index (χ0v) is 12.2. The first kappa shape index (κ1) is 16.1. The number of rotatable bonds is 6. The van der Waals surface area contributed by atoms with Crippen LogP contribution in [-0.4, -0.2) is 25.3 Å². The molecule has 0 saturated heterocycles. The maximum atomic E-state index is 14.2. The van der Waals surface area contributed by atoms with Crippen LogP contribution in [0.15, 0.2) is 18.2 Å². The van der Waals surface area contributed by atoms with Crippen LogP contribution in [0.2, 0.25) is 0 Å². The van der Waals surface area contributed by atoms with E-state index < -0.39 is 18.5 Å². The molecule has 0 spiro atoms. The highest BCUT2D eigenvalue weighted by Crippen LogP contribution is 2.38. The number of alkyl halides is 3. The van der Waals surface area contributed by atoms with Crippen LogP contribution in [0.3, 0.4) is 0 Å². The Hall–Kier alpha value is -1.30. The number of halogens is 4. The van der Waals surface area contributed by atoms with E-state index in [1.54, 1.807) is 13.0 Å². The van der Waals surface area contributed by atoms with Gasteiger partial charge in [0.15, 0.2) is 0 Å². The Morgan fingerprint density at radius 1 is 1.33 bits per heavy atom. The highest BCUT2D eigenvalue weighted by Gasteiger charge is 2.39. The third-order valence-corrected chi connectivity index (χ3v) is 3.62. The van der Waals surface area contributed by atoms with Gasteiger partial charge < -0.3 is 10.2 Å². The van der Waals surface area contributed by atoms with Crippen LogP contribution >= 0.6 is 0 Å². The van der Waals surface area contributed by atoms with Crippen LogP contribution in [0, 0.1) is 5.82 Å². The summed E-state index contributed by atoms with van der Waals surface area (Å²) >= 11 is 0. The van der Waals surface area contributed by atoms with E-state index in [1.807, 2.05) is 6.92 Å². The van der Waals surface area contributed by atoms with E-state index in [2.05, 4.69) is 5.32 Å². The minimum atomic E-state index is -4.30. The number of hydrogen-bond acceptors (Lipinski definition) is 2. The molecule has 0 amide bonds. The van der Waals surface area contributed by atoms with Crippen molar-refractivity contribution in [2.75, 3.05) is 18.0 Å². The summed E-state index contributed by atoms with van der Waals surface area (Å²) in [5, 5.41) is 3.07. The van der Waals surface area contributed by atoms with Crippen LogP contribution < -0.4 is 10.2 Å². The summed E-state index contributed by atoms with van der Waals surface area (Å²) in [6.07, 6.45) is -2.85.